The van der Waals surface area contributed by atoms with Crippen molar-refractivity contribution in [3.63, 3.8) is 0 Å². The lowest BCUT2D eigenvalue weighted by Gasteiger charge is -2.37. The van der Waals surface area contributed by atoms with Gasteiger partial charge < -0.3 is 19.3 Å². The van der Waals surface area contributed by atoms with Crippen LogP contribution in [0.25, 0.3) is 10.9 Å². The van der Waals surface area contributed by atoms with Gasteiger partial charge in [0, 0.05) is 43.5 Å². The van der Waals surface area contributed by atoms with Gasteiger partial charge in [0.05, 0.1) is 5.52 Å². The minimum Gasteiger partial charge on any atom is -0.486 e. The lowest BCUT2D eigenvalue weighted by molar-refractivity contribution is -0.135. The standard InChI is InChI=1S/C20H24N4O3/c25-20(14-3-1-2-4-14)24-7-5-23(6-8-24)19-15-11-17-18(27-10-9-26-17)12-16(15)21-13-22-19/h11-14H,1-10H2. The van der Waals surface area contributed by atoms with Crippen LogP contribution in [0.3, 0.4) is 0 Å². The highest BCUT2D eigenvalue weighted by atomic mass is 16.6. The summed E-state index contributed by atoms with van der Waals surface area (Å²) in [7, 11) is 0. The summed E-state index contributed by atoms with van der Waals surface area (Å²) >= 11 is 0. The minimum atomic E-state index is 0.250. The summed E-state index contributed by atoms with van der Waals surface area (Å²) in [5.41, 5.74) is 0.855. The first kappa shape index (κ1) is 16.6. The number of hydrogen-bond acceptors (Lipinski definition) is 6. The number of hydrogen-bond donors (Lipinski definition) is 0. The lowest BCUT2D eigenvalue weighted by Crippen LogP contribution is -2.50. The largest absolute Gasteiger partial charge is 0.486 e. The third-order valence-electron chi connectivity index (χ3n) is 5.87. The number of nitrogens with zero attached hydrogens (tertiary/aromatic N) is 4. The van der Waals surface area contributed by atoms with E-state index in [9.17, 15) is 4.79 Å². The van der Waals surface area contributed by atoms with Gasteiger partial charge in [0.15, 0.2) is 11.5 Å². The summed E-state index contributed by atoms with van der Waals surface area (Å²) < 4.78 is 11.4. The fourth-order valence-corrected chi connectivity index (χ4v) is 4.40. The second-order valence-electron chi connectivity index (χ2n) is 7.50. The van der Waals surface area contributed by atoms with Crippen LogP contribution < -0.4 is 14.4 Å². The van der Waals surface area contributed by atoms with E-state index in [2.05, 4.69) is 14.9 Å². The number of rotatable bonds is 2. The number of amides is 1. The molecule has 1 aromatic carbocycles. The van der Waals surface area contributed by atoms with E-state index in [1.807, 2.05) is 17.0 Å². The van der Waals surface area contributed by atoms with Crippen molar-refractivity contribution in [2.45, 2.75) is 25.7 Å². The predicted molar refractivity (Wildman–Crippen MR) is 101 cm³/mol. The SMILES string of the molecule is O=C(C1CCCC1)N1CCN(c2ncnc3cc4c(cc23)OCCO4)CC1. The molecule has 1 aromatic heterocycles. The molecule has 2 aromatic rings. The Balaban J connectivity index is 1.36. The Hall–Kier alpha value is -2.57. The molecule has 7 nitrogen and oxygen atoms in total. The molecule has 0 N–H and O–H groups in total. The second kappa shape index (κ2) is 6.87. The molecule has 0 atom stereocenters. The van der Waals surface area contributed by atoms with Gasteiger partial charge in [-0.25, -0.2) is 9.97 Å². The Labute approximate surface area is 158 Å². The first-order valence-electron chi connectivity index (χ1n) is 9.88. The molecule has 7 heteroatoms. The lowest BCUT2D eigenvalue weighted by atomic mass is 10.1. The van der Waals surface area contributed by atoms with Gasteiger partial charge in [-0.3, -0.25) is 4.79 Å². The monoisotopic (exact) mass is 368 g/mol. The molecule has 1 aliphatic carbocycles. The van der Waals surface area contributed by atoms with Crippen molar-refractivity contribution >= 4 is 22.6 Å². The number of anilines is 1. The van der Waals surface area contributed by atoms with Gasteiger partial charge in [-0.1, -0.05) is 12.8 Å². The van der Waals surface area contributed by atoms with Crippen LogP contribution in [0.5, 0.6) is 11.5 Å². The van der Waals surface area contributed by atoms with Crippen LogP contribution in [0.4, 0.5) is 5.82 Å². The minimum absolute atomic E-state index is 0.250. The average Bonchev–Trinajstić information content (AvgIpc) is 3.26. The van der Waals surface area contributed by atoms with E-state index in [0.29, 0.717) is 19.1 Å². The summed E-state index contributed by atoms with van der Waals surface area (Å²) in [5.74, 6) is 2.99. The maximum Gasteiger partial charge on any atom is 0.225 e. The number of benzene rings is 1. The normalized spacial score (nSPS) is 20.3. The quantitative estimate of drug-likeness (QED) is 0.810. The van der Waals surface area contributed by atoms with Crippen LogP contribution in [-0.4, -0.2) is 60.2 Å². The van der Waals surface area contributed by atoms with Gasteiger partial charge in [-0.2, -0.15) is 0 Å². The zero-order valence-corrected chi connectivity index (χ0v) is 15.4. The Morgan fingerprint density at radius 2 is 1.67 bits per heavy atom. The van der Waals surface area contributed by atoms with Crippen LogP contribution in [-0.2, 0) is 4.79 Å². The number of carbonyl (C=O) groups is 1. The molecule has 27 heavy (non-hydrogen) atoms. The fraction of sp³-hybridized carbons (Fsp3) is 0.550. The first-order valence-corrected chi connectivity index (χ1v) is 9.88. The van der Waals surface area contributed by atoms with Crippen molar-refractivity contribution in [3.05, 3.63) is 18.5 Å². The molecule has 0 unspecified atom stereocenters. The van der Waals surface area contributed by atoms with E-state index < -0.39 is 0 Å². The van der Waals surface area contributed by atoms with Crippen molar-refractivity contribution in [2.24, 2.45) is 5.92 Å². The summed E-state index contributed by atoms with van der Waals surface area (Å²) in [6, 6.07) is 3.91. The molecule has 0 radical (unpaired) electrons. The van der Waals surface area contributed by atoms with Gasteiger partial charge in [-0.15, -0.1) is 0 Å². The van der Waals surface area contributed by atoms with E-state index in [1.54, 1.807) is 6.33 Å². The van der Waals surface area contributed by atoms with Gasteiger partial charge in [0.25, 0.3) is 0 Å². The molecule has 5 rings (SSSR count). The molecule has 142 valence electrons. The van der Waals surface area contributed by atoms with Crippen molar-refractivity contribution in [1.82, 2.24) is 14.9 Å². The predicted octanol–water partition coefficient (Wildman–Crippen LogP) is 2.24. The first-order chi connectivity index (χ1) is 13.3. The molecule has 2 aliphatic heterocycles. The topological polar surface area (TPSA) is 67.8 Å². The van der Waals surface area contributed by atoms with Gasteiger partial charge >= 0.3 is 0 Å². The van der Waals surface area contributed by atoms with Gasteiger partial charge in [-0.05, 0) is 18.9 Å². The van der Waals surface area contributed by atoms with Crippen LogP contribution >= 0.6 is 0 Å². The van der Waals surface area contributed by atoms with Crippen molar-refractivity contribution in [3.8, 4) is 11.5 Å². The Bertz CT molecular complexity index is 858. The highest BCUT2D eigenvalue weighted by Crippen LogP contribution is 2.37. The zero-order valence-electron chi connectivity index (χ0n) is 15.4. The Kier molecular flexibility index (Phi) is 4.22. The zero-order chi connectivity index (χ0) is 18.2. The van der Waals surface area contributed by atoms with Crippen molar-refractivity contribution in [2.75, 3.05) is 44.3 Å². The molecule has 1 saturated heterocycles. The fourth-order valence-electron chi connectivity index (χ4n) is 4.40. The van der Waals surface area contributed by atoms with Crippen LogP contribution in [0.2, 0.25) is 0 Å². The molecule has 0 spiro atoms. The molecule has 2 fully saturated rings. The summed E-state index contributed by atoms with van der Waals surface area (Å²) in [4.78, 5) is 25.9. The second-order valence-corrected chi connectivity index (χ2v) is 7.50. The molecule has 3 heterocycles. The van der Waals surface area contributed by atoms with Gasteiger partial charge in [0.2, 0.25) is 5.91 Å². The van der Waals surface area contributed by atoms with E-state index >= 15 is 0 Å². The summed E-state index contributed by atoms with van der Waals surface area (Å²) in [5, 5.41) is 0.970. The van der Waals surface area contributed by atoms with E-state index in [0.717, 1.165) is 67.2 Å². The summed E-state index contributed by atoms with van der Waals surface area (Å²) in [6.45, 7) is 4.21. The maximum absolute atomic E-state index is 12.7. The maximum atomic E-state index is 12.7. The third kappa shape index (κ3) is 3.05. The number of aromatic nitrogens is 2. The Morgan fingerprint density at radius 3 is 2.41 bits per heavy atom. The molecule has 3 aliphatic rings. The molecular weight excluding hydrogens is 344 g/mol. The molecule has 1 amide bonds. The number of fused-ring (bicyclic) bond motifs is 2. The van der Waals surface area contributed by atoms with Crippen LogP contribution in [0, 0.1) is 5.92 Å². The average molecular weight is 368 g/mol. The number of carbonyl (C=O) groups excluding carboxylic acids is 1. The number of ether oxygens (including phenoxy) is 2. The van der Waals surface area contributed by atoms with Crippen molar-refractivity contribution < 1.29 is 14.3 Å². The molecule has 0 bridgehead atoms. The van der Waals surface area contributed by atoms with E-state index in [1.165, 1.54) is 12.8 Å². The highest BCUT2D eigenvalue weighted by Gasteiger charge is 2.30. The third-order valence-corrected chi connectivity index (χ3v) is 5.87. The highest BCUT2D eigenvalue weighted by molar-refractivity contribution is 5.92. The summed E-state index contributed by atoms with van der Waals surface area (Å²) in [6.07, 6.45) is 6.11. The van der Waals surface area contributed by atoms with Crippen LogP contribution in [0.1, 0.15) is 25.7 Å². The van der Waals surface area contributed by atoms with Crippen molar-refractivity contribution in [1.29, 1.82) is 0 Å². The van der Waals surface area contributed by atoms with Gasteiger partial charge in [0.1, 0.15) is 25.4 Å². The van der Waals surface area contributed by atoms with Crippen LogP contribution in [0.15, 0.2) is 18.5 Å². The Morgan fingerprint density at radius 1 is 0.963 bits per heavy atom. The molecular formula is C20H24N4O3. The van der Waals surface area contributed by atoms with E-state index in [-0.39, 0.29) is 5.92 Å². The smallest absolute Gasteiger partial charge is 0.225 e. The number of piperazine rings is 1. The molecule has 1 saturated carbocycles. The van der Waals surface area contributed by atoms with E-state index in [4.69, 9.17) is 9.47 Å².